The van der Waals surface area contributed by atoms with Crippen LogP contribution in [0.5, 0.6) is 0 Å². The van der Waals surface area contributed by atoms with Gasteiger partial charge in [0.15, 0.2) is 0 Å². The minimum absolute atomic E-state index is 0.363. The molecule has 0 saturated carbocycles. The van der Waals surface area contributed by atoms with Crippen molar-refractivity contribution < 1.29 is 0 Å². The number of hydrogen-bond acceptors (Lipinski definition) is 4. The van der Waals surface area contributed by atoms with E-state index in [0.29, 0.717) is 12.5 Å². The van der Waals surface area contributed by atoms with E-state index in [1.165, 1.54) is 0 Å². The van der Waals surface area contributed by atoms with Gasteiger partial charge in [-0.05, 0) is 26.8 Å². The van der Waals surface area contributed by atoms with Crippen LogP contribution in [0, 0.1) is 11.3 Å². The molecule has 0 aliphatic carbocycles. The van der Waals surface area contributed by atoms with E-state index in [1.54, 1.807) is 0 Å². The molecule has 4 nitrogen and oxygen atoms in total. The Morgan fingerprint density at radius 2 is 2.24 bits per heavy atom. The Morgan fingerprint density at radius 1 is 1.47 bits per heavy atom. The quantitative estimate of drug-likeness (QED) is 0.819. The summed E-state index contributed by atoms with van der Waals surface area (Å²) in [5, 5.41) is 11.9. The molecule has 0 aliphatic rings. The standard InChI is InChI=1S/C13H20N4/c1-4-16-12-8-13(10-15-9-12)17(11(2)3)7-5-6-14/h8-11,16H,4-5,7H2,1-3H3. The highest BCUT2D eigenvalue weighted by molar-refractivity contribution is 5.56. The summed E-state index contributed by atoms with van der Waals surface area (Å²) >= 11 is 0. The Labute approximate surface area is 103 Å². The highest BCUT2D eigenvalue weighted by Gasteiger charge is 2.10. The van der Waals surface area contributed by atoms with Gasteiger partial charge < -0.3 is 10.2 Å². The normalized spacial score (nSPS) is 10.1. The predicted molar refractivity (Wildman–Crippen MR) is 71.1 cm³/mol. The zero-order valence-corrected chi connectivity index (χ0v) is 10.8. The first kappa shape index (κ1) is 13.3. The molecule has 0 radical (unpaired) electrons. The second kappa shape index (κ2) is 6.74. The van der Waals surface area contributed by atoms with E-state index in [-0.39, 0.29) is 0 Å². The molecule has 1 N–H and O–H groups in total. The Hall–Kier alpha value is -1.76. The molecule has 0 bridgehead atoms. The van der Waals surface area contributed by atoms with Gasteiger partial charge in [0, 0.05) is 19.1 Å². The van der Waals surface area contributed by atoms with E-state index >= 15 is 0 Å². The van der Waals surface area contributed by atoms with E-state index < -0.39 is 0 Å². The van der Waals surface area contributed by atoms with E-state index in [1.807, 2.05) is 12.4 Å². The molecule has 1 aromatic rings. The third-order valence-corrected chi connectivity index (χ3v) is 2.52. The van der Waals surface area contributed by atoms with Crippen molar-refractivity contribution >= 4 is 11.4 Å². The van der Waals surface area contributed by atoms with Crippen molar-refractivity contribution in [3.63, 3.8) is 0 Å². The number of nitrogens with one attached hydrogen (secondary N) is 1. The molecule has 92 valence electrons. The van der Waals surface area contributed by atoms with Crippen LogP contribution in [0.2, 0.25) is 0 Å². The molecule has 0 unspecified atom stereocenters. The molecular formula is C13H20N4. The molecular weight excluding hydrogens is 212 g/mol. The maximum Gasteiger partial charge on any atom is 0.0640 e. The number of nitriles is 1. The summed E-state index contributed by atoms with van der Waals surface area (Å²) in [6, 6.07) is 4.63. The third-order valence-electron chi connectivity index (χ3n) is 2.52. The van der Waals surface area contributed by atoms with Crippen molar-refractivity contribution in [1.82, 2.24) is 4.98 Å². The van der Waals surface area contributed by atoms with E-state index in [2.05, 4.69) is 48.1 Å². The minimum Gasteiger partial charge on any atom is -0.384 e. The lowest BCUT2D eigenvalue weighted by Crippen LogP contribution is -2.31. The number of rotatable bonds is 6. The summed E-state index contributed by atoms with van der Waals surface area (Å²) in [5.74, 6) is 0. The second-order valence-corrected chi connectivity index (χ2v) is 4.16. The zero-order chi connectivity index (χ0) is 12.7. The summed E-state index contributed by atoms with van der Waals surface area (Å²) in [5.41, 5.74) is 2.08. The van der Waals surface area contributed by atoms with Crippen LogP contribution in [0.3, 0.4) is 0 Å². The SMILES string of the molecule is CCNc1cncc(N(CCC#N)C(C)C)c1. The first-order valence-electron chi connectivity index (χ1n) is 6.01. The Bertz CT molecular complexity index is 381. The van der Waals surface area contributed by atoms with Crippen molar-refractivity contribution in [2.75, 3.05) is 23.3 Å². The number of nitrogens with zero attached hydrogens (tertiary/aromatic N) is 3. The van der Waals surface area contributed by atoms with Crippen molar-refractivity contribution in [2.45, 2.75) is 33.2 Å². The largest absolute Gasteiger partial charge is 0.384 e. The molecule has 0 fully saturated rings. The molecule has 0 aliphatic heterocycles. The lowest BCUT2D eigenvalue weighted by molar-refractivity contribution is 0.685. The van der Waals surface area contributed by atoms with Crippen molar-refractivity contribution in [3.05, 3.63) is 18.5 Å². The van der Waals surface area contributed by atoms with Crippen LogP contribution in [-0.2, 0) is 0 Å². The van der Waals surface area contributed by atoms with Crippen LogP contribution in [0.15, 0.2) is 18.5 Å². The number of pyridine rings is 1. The summed E-state index contributed by atoms with van der Waals surface area (Å²) in [6.07, 6.45) is 4.19. The lowest BCUT2D eigenvalue weighted by Gasteiger charge is -2.28. The second-order valence-electron chi connectivity index (χ2n) is 4.16. The number of hydrogen-bond donors (Lipinski definition) is 1. The van der Waals surface area contributed by atoms with Crippen LogP contribution in [0.4, 0.5) is 11.4 Å². The van der Waals surface area contributed by atoms with Gasteiger partial charge in [0.25, 0.3) is 0 Å². The van der Waals surface area contributed by atoms with Crippen LogP contribution >= 0.6 is 0 Å². The molecule has 1 rings (SSSR count). The predicted octanol–water partition coefficient (Wildman–Crippen LogP) is 2.64. The summed E-state index contributed by atoms with van der Waals surface area (Å²) in [7, 11) is 0. The average molecular weight is 232 g/mol. The molecule has 17 heavy (non-hydrogen) atoms. The fraction of sp³-hybridized carbons (Fsp3) is 0.538. The Kier molecular flexibility index (Phi) is 5.28. The molecule has 0 saturated heterocycles. The maximum atomic E-state index is 8.68. The average Bonchev–Trinajstić information content (AvgIpc) is 2.30. The zero-order valence-electron chi connectivity index (χ0n) is 10.8. The Morgan fingerprint density at radius 3 is 2.82 bits per heavy atom. The monoisotopic (exact) mass is 232 g/mol. The topological polar surface area (TPSA) is 52.0 Å². The summed E-state index contributed by atoms with van der Waals surface area (Å²) in [6.45, 7) is 7.92. The van der Waals surface area contributed by atoms with Gasteiger partial charge in [-0.2, -0.15) is 5.26 Å². The van der Waals surface area contributed by atoms with Crippen LogP contribution in [0.25, 0.3) is 0 Å². The van der Waals surface area contributed by atoms with E-state index in [0.717, 1.165) is 24.5 Å². The molecule has 0 atom stereocenters. The van der Waals surface area contributed by atoms with Crippen LogP contribution in [-0.4, -0.2) is 24.1 Å². The van der Waals surface area contributed by atoms with Gasteiger partial charge in [0.05, 0.1) is 36.3 Å². The highest BCUT2D eigenvalue weighted by Crippen LogP contribution is 2.20. The van der Waals surface area contributed by atoms with E-state index in [9.17, 15) is 0 Å². The maximum absolute atomic E-state index is 8.68. The van der Waals surface area contributed by atoms with Crippen molar-refractivity contribution in [2.24, 2.45) is 0 Å². The van der Waals surface area contributed by atoms with E-state index in [4.69, 9.17) is 5.26 Å². The number of aromatic nitrogens is 1. The third kappa shape index (κ3) is 3.95. The first-order valence-corrected chi connectivity index (χ1v) is 6.01. The van der Waals surface area contributed by atoms with Gasteiger partial charge in [0.2, 0.25) is 0 Å². The van der Waals surface area contributed by atoms with Gasteiger partial charge in [-0.1, -0.05) is 0 Å². The van der Waals surface area contributed by atoms with Gasteiger partial charge in [-0.25, -0.2) is 0 Å². The smallest absolute Gasteiger partial charge is 0.0640 e. The summed E-state index contributed by atoms with van der Waals surface area (Å²) < 4.78 is 0. The highest BCUT2D eigenvalue weighted by atomic mass is 15.2. The number of anilines is 2. The van der Waals surface area contributed by atoms with Gasteiger partial charge in [0.1, 0.15) is 0 Å². The molecule has 1 aromatic heterocycles. The molecule has 0 spiro atoms. The van der Waals surface area contributed by atoms with Crippen LogP contribution < -0.4 is 10.2 Å². The fourth-order valence-electron chi connectivity index (χ4n) is 1.74. The first-order chi connectivity index (χ1) is 8.19. The molecule has 1 heterocycles. The van der Waals surface area contributed by atoms with Crippen molar-refractivity contribution in [3.8, 4) is 6.07 Å². The molecule has 4 heteroatoms. The van der Waals surface area contributed by atoms with Crippen molar-refractivity contribution in [1.29, 1.82) is 5.26 Å². The molecule has 0 amide bonds. The van der Waals surface area contributed by atoms with Crippen LogP contribution in [0.1, 0.15) is 27.2 Å². The minimum atomic E-state index is 0.363. The Balaban J connectivity index is 2.86. The van der Waals surface area contributed by atoms with Gasteiger partial charge >= 0.3 is 0 Å². The lowest BCUT2D eigenvalue weighted by atomic mass is 10.2. The van der Waals surface area contributed by atoms with Gasteiger partial charge in [-0.15, -0.1) is 0 Å². The summed E-state index contributed by atoms with van der Waals surface area (Å²) in [4.78, 5) is 6.42. The molecule has 0 aromatic carbocycles. The fourth-order valence-corrected chi connectivity index (χ4v) is 1.74. The van der Waals surface area contributed by atoms with Gasteiger partial charge in [-0.3, -0.25) is 4.98 Å².